The van der Waals surface area contributed by atoms with Crippen LogP contribution in [0.5, 0.6) is 0 Å². The SMILES string of the molecule is CC1=CC=CCC1CN. The lowest BCUT2D eigenvalue weighted by molar-refractivity contribution is 0.628. The Balaban J connectivity index is 2.59. The van der Waals surface area contributed by atoms with Gasteiger partial charge in [0.05, 0.1) is 0 Å². The Bertz CT molecular complexity index is 145. The van der Waals surface area contributed by atoms with E-state index < -0.39 is 0 Å². The van der Waals surface area contributed by atoms with Gasteiger partial charge < -0.3 is 5.73 Å². The van der Waals surface area contributed by atoms with Gasteiger partial charge in [0.2, 0.25) is 0 Å². The average Bonchev–Trinajstić information content (AvgIpc) is 1.89. The van der Waals surface area contributed by atoms with E-state index in [1.807, 2.05) is 0 Å². The first-order valence-electron chi connectivity index (χ1n) is 3.38. The van der Waals surface area contributed by atoms with Gasteiger partial charge in [-0.3, -0.25) is 0 Å². The molecule has 0 aliphatic heterocycles. The fourth-order valence-corrected chi connectivity index (χ4v) is 1.07. The molecule has 1 aliphatic carbocycles. The summed E-state index contributed by atoms with van der Waals surface area (Å²) in [6.45, 7) is 2.92. The monoisotopic (exact) mass is 123 g/mol. The van der Waals surface area contributed by atoms with E-state index >= 15 is 0 Å². The zero-order chi connectivity index (χ0) is 6.69. The van der Waals surface area contributed by atoms with E-state index in [1.165, 1.54) is 5.57 Å². The van der Waals surface area contributed by atoms with Gasteiger partial charge in [-0.2, -0.15) is 0 Å². The second-order valence-corrected chi connectivity index (χ2v) is 2.51. The van der Waals surface area contributed by atoms with E-state index in [0.717, 1.165) is 13.0 Å². The van der Waals surface area contributed by atoms with Gasteiger partial charge in [0, 0.05) is 0 Å². The van der Waals surface area contributed by atoms with Crippen molar-refractivity contribution >= 4 is 0 Å². The largest absolute Gasteiger partial charge is 0.330 e. The number of nitrogens with two attached hydrogens (primary N) is 1. The summed E-state index contributed by atoms with van der Waals surface area (Å²) < 4.78 is 0. The Morgan fingerprint density at radius 1 is 1.78 bits per heavy atom. The molecule has 1 heteroatoms. The zero-order valence-electron chi connectivity index (χ0n) is 5.80. The summed E-state index contributed by atoms with van der Waals surface area (Å²) in [6.07, 6.45) is 7.53. The fraction of sp³-hybridized carbons (Fsp3) is 0.500. The van der Waals surface area contributed by atoms with Gasteiger partial charge in [0.1, 0.15) is 0 Å². The van der Waals surface area contributed by atoms with Gasteiger partial charge in [-0.05, 0) is 25.8 Å². The average molecular weight is 123 g/mol. The predicted octanol–water partition coefficient (Wildman–Crippen LogP) is 1.47. The minimum absolute atomic E-state index is 0.606. The van der Waals surface area contributed by atoms with Crippen molar-refractivity contribution in [1.29, 1.82) is 0 Å². The maximum absolute atomic E-state index is 5.52. The van der Waals surface area contributed by atoms with Gasteiger partial charge in [-0.1, -0.05) is 23.8 Å². The molecule has 1 atom stereocenters. The molecule has 0 amide bonds. The Hall–Kier alpha value is -0.560. The molecule has 0 aromatic carbocycles. The van der Waals surface area contributed by atoms with Crippen LogP contribution in [0.15, 0.2) is 23.8 Å². The number of hydrogen-bond donors (Lipinski definition) is 1. The maximum atomic E-state index is 5.52. The molecule has 0 aromatic rings. The van der Waals surface area contributed by atoms with E-state index in [2.05, 4.69) is 25.2 Å². The van der Waals surface area contributed by atoms with Crippen molar-refractivity contribution in [3.63, 3.8) is 0 Å². The molecule has 1 rings (SSSR count). The van der Waals surface area contributed by atoms with Crippen LogP contribution in [0.3, 0.4) is 0 Å². The summed E-state index contributed by atoms with van der Waals surface area (Å²) in [5.41, 5.74) is 6.94. The maximum Gasteiger partial charge on any atom is -0.000850 e. The van der Waals surface area contributed by atoms with Crippen molar-refractivity contribution in [2.45, 2.75) is 13.3 Å². The van der Waals surface area contributed by atoms with E-state index in [1.54, 1.807) is 0 Å². The van der Waals surface area contributed by atoms with Crippen molar-refractivity contribution in [1.82, 2.24) is 0 Å². The lowest BCUT2D eigenvalue weighted by Gasteiger charge is -2.15. The molecule has 0 saturated carbocycles. The number of allylic oxidation sites excluding steroid dienone is 3. The molecule has 1 nitrogen and oxygen atoms in total. The Labute approximate surface area is 56.2 Å². The number of rotatable bonds is 1. The normalized spacial score (nSPS) is 26.0. The molecule has 0 spiro atoms. The highest BCUT2D eigenvalue weighted by Gasteiger charge is 2.07. The summed E-state index contributed by atoms with van der Waals surface area (Å²) in [5.74, 6) is 0.606. The molecule has 9 heavy (non-hydrogen) atoms. The van der Waals surface area contributed by atoms with E-state index in [-0.39, 0.29) is 0 Å². The molecule has 0 fully saturated rings. The Kier molecular flexibility index (Phi) is 2.06. The molecule has 1 unspecified atom stereocenters. The first-order valence-corrected chi connectivity index (χ1v) is 3.38. The van der Waals surface area contributed by atoms with Gasteiger partial charge in [0.25, 0.3) is 0 Å². The van der Waals surface area contributed by atoms with Crippen molar-refractivity contribution in [3.8, 4) is 0 Å². The van der Waals surface area contributed by atoms with Crippen LogP contribution in [0.2, 0.25) is 0 Å². The second-order valence-electron chi connectivity index (χ2n) is 2.51. The van der Waals surface area contributed by atoms with Crippen molar-refractivity contribution < 1.29 is 0 Å². The smallest absolute Gasteiger partial charge is 0.000850 e. The quantitative estimate of drug-likeness (QED) is 0.561. The van der Waals surface area contributed by atoms with Crippen LogP contribution in [0.1, 0.15) is 13.3 Å². The van der Waals surface area contributed by atoms with E-state index in [9.17, 15) is 0 Å². The number of hydrogen-bond acceptors (Lipinski definition) is 1. The standard InChI is InChI=1S/C8H13N/c1-7-4-2-3-5-8(7)6-9/h2-4,8H,5-6,9H2,1H3. The summed E-state index contributed by atoms with van der Waals surface area (Å²) in [5, 5.41) is 0. The van der Waals surface area contributed by atoms with Gasteiger partial charge in [-0.25, -0.2) is 0 Å². The third-order valence-electron chi connectivity index (χ3n) is 1.84. The Morgan fingerprint density at radius 3 is 3.00 bits per heavy atom. The molecule has 1 aliphatic rings. The summed E-state index contributed by atoms with van der Waals surface area (Å²) in [7, 11) is 0. The predicted molar refractivity (Wildman–Crippen MR) is 40.1 cm³/mol. The van der Waals surface area contributed by atoms with Crippen molar-refractivity contribution in [2.24, 2.45) is 11.7 Å². The third kappa shape index (κ3) is 1.42. The minimum atomic E-state index is 0.606. The topological polar surface area (TPSA) is 26.0 Å². The lowest BCUT2D eigenvalue weighted by atomic mass is 9.93. The molecule has 0 heterocycles. The fourth-order valence-electron chi connectivity index (χ4n) is 1.07. The van der Waals surface area contributed by atoms with E-state index in [0.29, 0.717) is 5.92 Å². The van der Waals surface area contributed by atoms with Crippen LogP contribution in [0.4, 0.5) is 0 Å². The molecule has 0 bridgehead atoms. The van der Waals surface area contributed by atoms with E-state index in [4.69, 9.17) is 5.73 Å². The molecular formula is C8H13N. The van der Waals surface area contributed by atoms with Crippen LogP contribution in [-0.4, -0.2) is 6.54 Å². The van der Waals surface area contributed by atoms with Crippen LogP contribution < -0.4 is 5.73 Å². The van der Waals surface area contributed by atoms with Crippen LogP contribution in [-0.2, 0) is 0 Å². The van der Waals surface area contributed by atoms with Crippen LogP contribution in [0.25, 0.3) is 0 Å². The molecule has 0 aromatic heterocycles. The molecule has 0 radical (unpaired) electrons. The highest BCUT2D eigenvalue weighted by Crippen LogP contribution is 2.17. The first kappa shape index (κ1) is 6.56. The third-order valence-corrected chi connectivity index (χ3v) is 1.84. The molecule has 2 N–H and O–H groups in total. The second kappa shape index (κ2) is 2.83. The van der Waals surface area contributed by atoms with Crippen LogP contribution in [0, 0.1) is 5.92 Å². The van der Waals surface area contributed by atoms with Crippen LogP contribution >= 0.6 is 0 Å². The molecule has 50 valence electrons. The molecular weight excluding hydrogens is 110 g/mol. The minimum Gasteiger partial charge on any atom is -0.330 e. The van der Waals surface area contributed by atoms with Gasteiger partial charge in [0.15, 0.2) is 0 Å². The van der Waals surface area contributed by atoms with Gasteiger partial charge in [-0.15, -0.1) is 0 Å². The van der Waals surface area contributed by atoms with Crippen molar-refractivity contribution in [3.05, 3.63) is 23.8 Å². The Morgan fingerprint density at radius 2 is 2.56 bits per heavy atom. The summed E-state index contributed by atoms with van der Waals surface area (Å²) in [6, 6.07) is 0. The summed E-state index contributed by atoms with van der Waals surface area (Å²) in [4.78, 5) is 0. The first-order chi connectivity index (χ1) is 4.34. The van der Waals surface area contributed by atoms with Gasteiger partial charge >= 0.3 is 0 Å². The summed E-state index contributed by atoms with van der Waals surface area (Å²) >= 11 is 0. The van der Waals surface area contributed by atoms with Crippen molar-refractivity contribution in [2.75, 3.05) is 6.54 Å². The lowest BCUT2D eigenvalue weighted by Crippen LogP contribution is -2.15. The highest BCUT2D eigenvalue weighted by atomic mass is 14.5. The molecule has 0 saturated heterocycles. The highest BCUT2D eigenvalue weighted by molar-refractivity contribution is 5.19. The zero-order valence-corrected chi connectivity index (χ0v) is 5.80.